The standard InChI is InChI=1S/C20H19ClF2N6O/c1-12-6-18(30-11-17(22)23)27-8-13(12)9-29-5-2-14-16(10-29)15(7-25)19(21)28-20(14)26-4-3-24/h6,8,17H,2,4-5,9-11H2,1H3,(H,26,28). The number of fused-ring (bicyclic) bond motifs is 1. The fraction of sp³-hybridized carbons (Fsp3) is 0.400. The van der Waals surface area contributed by atoms with E-state index in [2.05, 4.69) is 26.3 Å². The predicted octanol–water partition coefficient (Wildman–Crippen LogP) is 3.45. The Morgan fingerprint density at radius 2 is 2.17 bits per heavy atom. The molecule has 0 aromatic carbocycles. The van der Waals surface area contributed by atoms with E-state index < -0.39 is 13.0 Å². The van der Waals surface area contributed by atoms with Crippen molar-refractivity contribution in [3.8, 4) is 18.0 Å². The highest BCUT2D eigenvalue weighted by Crippen LogP contribution is 2.32. The first-order valence-corrected chi connectivity index (χ1v) is 9.61. The van der Waals surface area contributed by atoms with E-state index in [4.69, 9.17) is 21.6 Å². The van der Waals surface area contributed by atoms with E-state index in [0.29, 0.717) is 37.4 Å². The summed E-state index contributed by atoms with van der Waals surface area (Å²) in [5.74, 6) is 0.701. The Morgan fingerprint density at radius 3 is 2.83 bits per heavy atom. The van der Waals surface area contributed by atoms with Gasteiger partial charge in [-0.25, -0.2) is 18.7 Å². The minimum atomic E-state index is -2.55. The molecule has 0 saturated carbocycles. The fourth-order valence-electron chi connectivity index (χ4n) is 3.37. The molecule has 0 spiro atoms. The fourth-order valence-corrected chi connectivity index (χ4v) is 3.61. The third-order valence-corrected chi connectivity index (χ3v) is 5.09. The molecule has 1 N–H and O–H groups in total. The maximum Gasteiger partial charge on any atom is 0.272 e. The summed E-state index contributed by atoms with van der Waals surface area (Å²) < 4.78 is 29.6. The van der Waals surface area contributed by atoms with Crippen LogP contribution in [0.25, 0.3) is 0 Å². The van der Waals surface area contributed by atoms with Crippen molar-refractivity contribution in [3.63, 3.8) is 0 Å². The van der Waals surface area contributed by atoms with E-state index in [0.717, 1.165) is 22.3 Å². The van der Waals surface area contributed by atoms with E-state index in [9.17, 15) is 14.0 Å². The number of alkyl halides is 2. The number of hydrogen-bond donors (Lipinski definition) is 1. The SMILES string of the molecule is Cc1cc(OCC(F)F)ncc1CN1CCc2c(NCC#N)nc(Cl)c(C#N)c2C1. The number of nitriles is 2. The van der Waals surface area contributed by atoms with Gasteiger partial charge in [-0.3, -0.25) is 4.90 Å². The maximum absolute atomic E-state index is 12.3. The highest BCUT2D eigenvalue weighted by molar-refractivity contribution is 6.30. The minimum absolute atomic E-state index is 0.0935. The lowest BCUT2D eigenvalue weighted by Crippen LogP contribution is -2.32. The molecule has 0 radical (unpaired) electrons. The van der Waals surface area contributed by atoms with Crippen molar-refractivity contribution in [3.05, 3.63) is 45.2 Å². The summed E-state index contributed by atoms with van der Waals surface area (Å²) in [6, 6.07) is 5.78. The lowest BCUT2D eigenvalue weighted by molar-refractivity contribution is 0.0795. The molecule has 0 atom stereocenters. The molecule has 2 aromatic heterocycles. The largest absolute Gasteiger partial charge is 0.472 e. The zero-order valence-corrected chi connectivity index (χ0v) is 17.0. The molecule has 7 nitrogen and oxygen atoms in total. The molecule has 0 unspecified atom stereocenters. The van der Waals surface area contributed by atoms with Gasteiger partial charge in [0.15, 0.2) is 6.61 Å². The van der Waals surface area contributed by atoms with Gasteiger partial charge in [-0.15, -0.1) is 0 Å². The number of anilines is 1. The third-order valence-electron chi connectivity index (χ3n) is 4.82. The number of pyridine rings is 2. The molecule has 1 aliphatic rings. The summed E-state index contributed by atoms with van der Waals surface area (Å²) in [7, 11) is 0. The van der Waals surface area contributed by atoms with Crippen molar-refractivity contribution in [1.82, 2.24) is 14.9 Å². The van der Waals surface area contributed by atoms with Crippen LogP contribution in [0.2, 0.25) is 5.15 Å². The first-order chi connectivity index (χ1) is 14.4. The van der Waals surface area contributed by atoms with Crippen molar-refractivity contribution in [2.24, 2.45) is 0 Å². The van der Waals surface area contributed by atoms with Gasteiger partial charge in [0.05, 0.1) is 11.6 Å². The van der Waals surface area contributed by atoms with Gasteiger partial charge in [-0.2, -0.15) is 10.5 Å². The molecule has 3 rings (SSSR count). The van der Waals surface area contributed by atoms with Gasteiger partial charge in [0.25, 0.3) is 6.43 Å². The van der Waals surface area contributed by atoms with E-state index in [1.165, 1.54) is 0 Å². The smallest absolute Gasteiger partial charge is 0.272 e. The number of rotatable bonds is 7. The first-order valence-electron chi connectivity index (χ1n) is 9.24. The van der Waals surface area contributed by atoms with E-state index in [1.54, 1.807) is 12.3 Å². The van der Waals surface area contributed by atoms with Gasteiger partial charge in [0.2, 0.25) is 5.88 Å². The summed E-state index contributed by atoms with van der Waals surface area (Å²) >= 11 is 6.20. The number of halogens is 3. The summed E-state index contributed by atoms with van der Waals surface area (Å²) in [4.78, 5) is 10.5. The molecular weight excluding hydrogens is 414 g/mol. The molecular formula is C20H19ClF2N6O. The van der Waals surface area contributed by atoms with Crippen LogP contribution in [0.1, 0.15) is 27.8 Å². The molecule has 30 heavy (non-hydrogen) atoms. The lowest BCUT2D eigenvalue weighted by Gasteiger charge is -2.31. The molecule has 0 fully saturated rings. The number of nitrogens with one attached hydrogen (secondary N) is 1. The van der Waals surface area contributed by atoms with E-state index in [1.807, 2.05) is 13.0 Å². The number of nitrogens with zero attached hydrogens (tertiary/aromatic N) is 5. The zero-order valence-electron chi connectivity index (χ0n) is 16.3. The molecule has 0 saturated heterocycles. The Labute approximate surface area is 177 Å². The minimum Gasteiger partial charge on any atom is -0.472 e. The van der Waals surface area contributed by atoms with Crippen molar-refractivity contribution in [2.45, 2.75) is 32.9 Å². The number of ether oxygens (including phenoxy) is 1. The Hall–Kier alpha value is -3.01. The van der Waals surface area contributed by atoms with Crippen LogP contribution in [0, 0.1) is 29.6 Å². The average Bonchev–Trinajstić information content (AvgIpc) is 2.72. The number of aromatic nitrogens is 2. The van der Waals surface area contributed by atoms with Crippen LogP contribution in [0.15, 0.2) is 12.3 Å². The second-order valence-corrected chi connectivity index (χ2v) is 7.18. The zero-order chi connectivity index (χ0) is 21.7. The van der Waals surface area contributed by atoms with Crippen molar-refractivity contribution in [1.29, 1.82) is 10.5 Å². The molecule has 0 bridgehead atoms. The predicted molar refractivity (Wildman–Crippen MR) is 106 cm³/mol. The first kappa shape index (κ1) is 21.7. The van der Waals surface area contributed by atoms with Crippen LogP contribution in [-0.2, 0) is 19.5 Å². The molecule has 0 aliphatic carbocycles. The van der Waals surface area contributed by atoms with Crippen molar-refractivity contribution < 1.29 is 13.5 Å². The highest BCUT2D eigenvalue weighted by atomic mass is 35.5. The van der Waals surface area contributed by atoms with Crippen LogP contribution in [0.4, 0.5) is 14.6 Å². The van der Waals surface area contributed by atoms with Gasteiger partial charge in [0, 0.05) is 37.5 Å². The number of hydrogen-bond acceptors (Lipinski definition) is 7. The van der Waals surface area contributed by atoms with Gasteiger partial charge in [-0.1, -0.05) is 11.6 Å². The van der Waals surface area contributed by atoms with E-state index in [-0.39, 0.29) is 17.6 Å². The third kappa shape index (κ3) is 4.93. The Kier molecular flexibility index (Phi) is 6.99. The second-order valence-electron chi connectivity index (χ2n) is 6.82. The summed E-state index contributed by atoms with van der Waals surface area (Å²) in [5, 5.41) is 21.4. The molecule has 0 amide bonds. The van der Waals surface area contributed by atoms with Gasteiger partial charge in [-0.05, 0) is 30.0 Å². The van der Waals surface area contributed by atoms with Gasteiger partial charge in [0.1, 0.15) is 23.6 Å². The maximum atomic E-state index is 12.3. The topological polar surface area (TPSA) is 97.9 Å². The summed E-state index contributed by atoms with van der Waals surface area (Å²) in [6.07, 6.45) is -0.288. The second kappa shape index (κ2) is 9.66. The summed E-state index contributed by atoms with van der Waals surface area (Å²) in [5.41, 5.74) is 3.85. The van der Waals surface area contributed by atoms with Crippen LogP contribution in [0.3, 0.4) is 0 Å². The van der Waals surface area contributed by atoms with Gasteiger partial charge >= 0.3 is 0 Å². The molecule has 156 valence electrons. The van der Waals surface area contributed by atoms with Crippen molar-refractivity contribution >= 4 is 17.4 Å². The van der Waals surface area contributed by atoms with Crippen LogP contribution in [0.5, 0.6) is 5.88 Å². The molecule has 10 heteroatoms. The molecule has 1 aliphatic heterocycles. The van der Waals surface area contributed by atoms with E-state index >= 15 is 0 Å². The Morgan fingerprint density at radius 1 is 1.37 bits per heavy atom. The van der Waals surface area contributed by atoms with Crippen LogP contribution < -0.4 is 10.1 Å². The molecule has 2 aromatic rings. The normalized spacial score (nSPS) is 13.4. The van der Waals surface area contributed by atoms with Gasteiger partial charge < -0.3 is 10.1 Å². The Bertz CT molecular complexity index is 1020. The monoisotopic (exact) mass is 432 g/mol. The molecule has 3 heterocycles. The Balaban J connectivity index is 1.79. The number of aryl methyl sites for hydroxylation is 1. The summed E-state index contributed by atoms with van der Waals surface area (Å²) in [6.45, 7) is 3.05. The van der Waals surface area contributed by atoms with Crippen molar-refractivity contribution in [2.75, 3.05) is 25.0 Å². The lowest BCUT2D eigenvalue weighted by atomic mass is 9.96. The van der Waals surface area contributed by atoms with Crippen LogP contribution >= 0.6 is 11.6 Å². The quantitative estimate of drug-likeness (QED) is 0.528. The highest BCUT2D eigenvalue weighted by Gasteiger charge is 2.25. The average molecular weight is 433 g/mol. The van der Waals surface area contributed by atoms with Crippen LogP contribution in [-0.4, -0.2) is 41.0 Å².